The summed E-state index contributed by atoms with van der Waals surface area (Å²) >= 11 is 0. The molecule has 2 amide bonds. The van der Waals surface area contributed by atoms with Gasteiger partial charge < -0.3 is 46.9 Å². The monoisotopic (exact) mass is 765 g/mol. The summed E-state index contributed by atoms with van der Waals surface area (Å²) in [5, 5.41) is 18.2. The van der Waals surface area contributed by atoms with Crippen molar-refractivity contribution >= 4 is 52.0 Å². The van der Waals surface area contributed by atoms with E-state index in [-0.39, 0.29) is 25.0 Å². The fourth-order valence-electron chi connectivity index (χ4n) is 4.17. The number of rotatable bonds is 14. The van der Waals surface area contributed by atoms with Crippen LogP contribution < -0.4 is 32.0 Å². The molecule has 1 heterocycles. The molecule has 1 aromatic heterocycles. The molecular formula is C32H37F6N5O10. The number of pyridine rings is 1. The lowest BCUT2D eigenvalue weighted by Crippen LogP contribution is -2.33. The smallest absolute Gasteiger partial charge is 0.490 e. The average Bonchev–Trinajstić information content (AvgIpc) is 3.06. The number of nitrogens with two attached hydrogens (primary N) is 3. The van der Waals surface area contributed by atoms with E-state index in [4.69, 9.17) is 51.2 Å². The predicted molar refractivity (Wildman–Crippen MR) is 175 cm³/mol. The van der Waals surface area contributed by atoms with E-state index in [0.717, 1.165) is 11.1 Å². The van der Waals surface area contributed by atoms with Crippen LogP contribution in [0.15, 0.2) is 36.5 Å². The Morgan fingerprint density at radius 1 is 0.887 bits per heavy atom. The van der Waals surface area contributed by atoms with Crippen LogP contribution in [0.3, 0.4) is 0 Å². The fraction of sp³-hybridized carbons (Fsp3) is 0.375. The van der Waals surface area contributed by atoms with Gasteiger partial charge in [0.25, 0.3) is 5.91 Å². The molecule has 0 saturated carbocycles. The topological polar surface area (TPSA) is 256 Å². The van der Waals surface area contributed by atoms with Crippen molar-refractivity contribution in [2.45, 2.75) is 65.0 Å². The zero-order valence-electron chi connectivity index (χ0n) is 28.4. The molecule has 0 aliphatic carbocycles. The lowest BCUT2D eigenvalue weighted by Gasteiger charge is -2.19. The number of halogens is 6. The standard InChI is InChI=1S/C28H35N5O6.2C2HF3O2/c1-4-17-16(15-39-28(36)20(29)10-11-25(30)34)8-7-9-21(17)33-26-18-12-23(37-5-2)24(38-6-3)13-22(18)32-14-19(26)27(31)35;2*3-2(4,5)1(6)7/h7-9,12-14,20H,4-6,10-11,15,29H2,1-3H3,(H2,30,34)(H2,31,35)(H,32,33);2*(H,6,7)/t20-;;/m0../s1. The summed E-state index contributed by atoms with van der Waals surface area (Å²) in [6.45, 7) is 6.56. The number of carbonyl (C=O) groups is 5. The number of hydrogen-bond donors (Lipinski definition) is 6. The van der Waals surface area contributed by atoms with Crippen LogP contribution in [0.4, 0.5) is 37.7 Å². The minimum absolute atomic E-state index is 0.00492. The van der Waals surface area contributed by atoms with Crippen LogP contribution in [-0.4, -0.2) is 76.5 Å². The van der Waals surface area contributed by atoms with E-state index in [1.165, 1.54) is 6.20 Å². The quantitative estimate of drug-likeness (QED) is 0.0988. The lowest BCUT2D eigenvalue weighted by atomic mass is 10.0. The molecule has 1 atom stereocenters. The van der Waals surface area contributed by atoms with Gasteiger partial charge in [-0.2, -0.15) is 26.3 Å². The molecule has 3 rings (SSSR count). The third-order valence-corrected chi connectivity index (χ3v) is 6.54. The zero-order valence-corrected chi connectivity index (χ0v) is 28.4. The van der Waals surface area contributed by atoms with Gasteiger partial charge in [-0.15, -0.1) is 0 Å². The number of anilines is 2. The summed E-state index contributed by atoms with van der Waals surface area (Å²) in [6.07, 6.45) is -8.05. The maximum absolute atomic E-state index is 12.4. The highest BCUT2D eigenvalue weighted by molar-refractivity contribution is 6.08. The summed E-state index contributed by atoms with van der Waals surface area (Å²) in [4.78, 5) is 57.9. The molecule has 0 bridgehead atoms. The Morgan fingerprint density at radius 3 is 1.87 bits per heavy atom. The highest BCUT2D eigenvalue weighted by Gasteiger charge is 2.39. The first-order chi connectivity index (χ1) is 24.6. The second-order valence-electron chi connectivity index (χ2n) is 10.3. The number of alkyl halides is 6. The first-order valence-corrected chi connectivity index (χ1v) is 15.3. The molecule has 0 aliphatic rings. The number of carbonyl (C=O) groups excluding carboxylic acids is 3. The van der Waals surface area contributed by atoms with Gasteiger partial charge in [-0.3, -0.25) is 19.4 Å². The first kappa shape index (κ1) is 45.2. The van der Waals surface area contributed by atoms with Gasteiger partial charge in [0.15, 0.2) is 11.5 Å². The summed E-state index contributed by atoms with van der Waals surface area (Å²) in [6, 6.07) is 8.09. The molecular weight excluding hydrogens is 728 g/mol. The highest BCUT2D eigenvalue weighted by atomic mass is 19.4. The number of carboxylic acids is 2. The maximum Gasteiger partial charge on any atom is 0.490 e. The molecule has 0 saturated heterocycles. The van der Waals surface area contributed by atoms with Crippen LogP contribution >= 0.6 is 0 Å². The van der Waals surface area contributed by atoms with E-state index < -0.39 is 48.1 Å². The van der Waals surface area contributed by atoms with Gasteiger partial charge in [0, 0.05) is 29.8 Å². The van der Waals surface area contributed by atoms with Crippen molar-refractivity contribution in [2.24, 2.45) is 17.2 Å². The zero-order chi connectivity index (χ0) is 40.7. The highest BCUT2D eigenvalue weighted by Crippen LogP contribution is 2.38. The number of benzene rings is 2. The number of nitrogens with zero attached hydrogens (tertiary/aromatic N) is 1. The largest absolute Gasteiger partial charge is 0.490 e. The molecule has 0 radical (unpaired) electrons. The number of amides is 2. The Bertz CT molecular complexity index is 1750. The number of fused-ring (bicyclic) bond motifs is 1. The third-order valence-electron chi connectivity index (χ3n) is 6.54. The summed E-state index contributed by atoms with van der Waals surface area (Å²) in [5.74, 6) is -6.26. The van der Waals surface area contributed by atoms with E-state index in [9.17, 15) is 40.7 Å². The Morgan fingerprint density at radius 2 is 1.42 bits per heavy atom. The number of carboxylic acid groups (broad SMARTS) is 2. The van der Waals surface area contributed by atoms with E-state index >= 15 is 0 Å². The molecule has 0 aliphatic heterocycles. The Balaban J connectivity index is 0.000000845. The second-order valence-corrected chi connectivity index (χ2v) is 10.3. The van der Waals surface area contributed by atoms with E-state index in [2.05, 4.69) is 10.3 Å². The van der Waals surface area contributed by atoms with Crippen LogP contribution in [0.2, 0.25) is 0 Å². The third kappa shape index (κ3) is 14.4. The molecule has 53 heavy (non-hydrogen) atoms. The molecule has 15 nitrogen and oxygen atoms in total. The molecule has 0 unspecified atom stereocenters. The minimum atomic E-state index is -5.08. The Labute approximate surface area is 297 Å². The van der Waals surface area contributed by atoms with Crippen molar-refractivity contribution in [3.05, 3.63) is 53.2 Å². The van der Waals surface area contributed by atoms with Gasteiger partial charge in [-0.25, -0.2) is 9.59 Å². The van der Waals surface area contributed by atoms with Gasteiger partial charge in [-0.1, -0.05) is 19.1 Å². The van der Waals surface area contributed by atoms with Crippen molar-refractivity contribution in [3.8, 4) is 11.5 Å². The summed E-state index contributed by atoms with van der Waals surface area (Å²) in [5.41, 5.74) is 20.3. The average molecular weight is 766 g/mol. The van der Waals surface area contributed by atoms with Gasteiger partial charge in [-0.05, 0) is 49.9 Å². The van der Waals surface area contributed by atoms with E-state index in [1.54, 1.807) is 12.1 Å². The van der Waals surface area contributed by atoms with Crippen molar-refractivity contribution in [1.29, 1.82) is 0 Å². The van der Waals surface area contributed by atoms with Crippen LogP contribution in [-0.2, 0) is 36.9 Å². The minimum Gasteiger partial charge on any atom is -0.490 e. The second kappa shape index (κ2) is 20.2. The maximum atomic E-state index is 12.4. The van der Waals surface area contributed by atoms with Gasteiger partial charge >= 0.3 is 30.3 Å². The number of aliphatic carboxylic acids is 2. The SMILES string of the molecule is CCOc1cc2ncc(C(N)=O)c(Nc3cccc(COC(=O)[C@@H](N)CCC(N)=O)c3CC)c2cc1OCC.O=C(O)C(F)(F)F.O=C(O)C(F)(F)F. The van der Waals surface area contributed by atoms with Crippen molar-refractivity contribution < 1.29 is 74.7 Å². The Kier molecular flexibility index (Phi) is 17.3. The normalized spacial score (nSPS) is 11.5. The van der Waals surface area contributed by atoms with Gasteiger partial charge in [0.1, 0.15) is 12.6 Å². The number of primary amides is 2. The molecule has 0 fully saturated rings. The first-order valence-electron chi connectivity index (χ1n) is 15.3. The van der Waals surface area contributed by atoms with Crippen LogP contribution in [0.25, 0.3) is 10.9 Å². The summed E-state index contributed by atoms with van der Waals surface area (Å²) < 4.78 is 80.4. The number of ether oxygens (including phenoxy) is 3. The van der Waals surface area contributed by atoms with Crippen molar-refractivity contribution in [3.63, 3.8) is 0 Å². The van der Waals surface area contributed by atoms with Crippen LogP contribution in [0.5, 0.6) is 11.5 Å². The van der Waals surface area contributed by atoms with Crippen molar-refractivity contribution in [1.82, 2.24) is 4.98 Å². The predicted octanol–water partition coefficient (Wildman–Crippen LogP) is 4.34. The van der Waals surface area contributed by atoms with E-state index in [1.807, 2.05) is 39.0 Å². The van der Waals surface area contributed by atoms with Crippen LogP contribution in [0.1, 0.15) is 55.1 Å². The molecule has 2 aromatic carbocycles. The Hall–Kier alpha value is -5.86. The molecule has 292 valence electrons. The number of esters is 1. The molecule has 21 heteroatoms. The number of nitrogens with one attached hydrogen (secondary N) is 1. The van der Waals surface area contributed by atoms with Crippen molar-refractivity contribution in [2.75, 3.05) is 18.5 Å². The van der Waals surface area contributed by atoms with E-state index in [0.29, 0.717) is 53.4 Å². The fourth-order valence-corrected chi connectivity index (χ4v) is 4.17. The number of aromatic nitrogens is 1. The number of hydrogen-bond acceptors (Lipinski definition) is 11. The lowest BCUT2D eigenvalue weighted by molar-refractivity contribution is -0.193. The molecule has 3 aromatic rings. The van der Waals surface area contributed by atoms with Crippen LogP contribution in [0, 0.1) is 0 Å². The molecule has 9 N–H and O–H groups in total. The summed E-state index contributed by atoms with van der Waals surface area (Å²) in [7, 11) is 0. The van der Waals surface area contributed by atoms with Gasteiger partial charge in [0.05, 0.1) is 30.0 Å². The molecule has 0 spiro atoms. The van der Waals surface area contributed by atoms with Gasteiger partial charge in [0.2, 0.25) is 5.91 Å².